The van der Waals surface area contributed by atoms with Crippen molar-refractivity contribution in [1.29, 1.82) is 0 Å². The third-order valence-electron chi connectivity index (χ3n) is 8.73. The van der Waals surface area contributed by atoms with Gasteiger partial charge in [0.15, 0.2) is 5.75 Å². The monoisotopic (exact) mass is 615 g/mol. The third kappa shape index (κ3) is 6.29. The Kier molecular flexibility index (Phi) is 7.30. The van der Waals surface area contributed by atoms with Gasteiger partial charge in [-0.25, -0.2) is 31.8 Å². The Hall–Kier alpha value is -3.81. The Bertz CT molecular complexity index is 1660. The summed E-state index contributed by atoms with van der Waals surface area (Å²) in [5.41, 5.74) is 4.85. The Balaban J connectivity index is 1.35. The smallest absolute Gasteiger partial charge is 0.320 e. The zero-order valence-electron chi connectivity index (χ0n) is 24.2. The molecule has 2 aliphatic heterocycles. The first-order chi connectivity index (χ1) is 20.3. The Morgan fingerprint density at radius 3 is 2.47 bits per heavy atom. The molecule has 0 bridgehead atoms. The fourth-order valence-corrected chi connectivity index (χ4v) is 7.15. The van der Waals surface area contributed by atoms with Crippen LogP contribution in [-0.2, 0) is 14.8 Å². The van der Waals surface area contributed by atoms with Crippen molar-refractivity contribution in [3.8, 4) is 16.9 Å². The maximum Gasteiger partial charge on any atom is 0.320 e. The van der Waals surface area contributed by atoms with Crippen molar-refractivity contribution >= 4 is 33.3 Å². The average Bonchev–Trinajstić information content (AvgIpc) is 3.49. The second-order valence-corrected chi connectivity index (χ2v) is 13.8. The minimum absolute atomic E-state index is 0.144. The quantitative estimate of drug-likeness (QED) is 0.379. The number of rotatable bonds is 8. The molecule has 43 heavy (non-hydrogen) atoms. The molecule has 1 spiro atoms. The van der Waals surface area contributed by atoms with E-state index in [4.69, 9.17) is 5.11 Å². The summed E-state index contributed by atoms with van der Waals surface area (Å²) in [4.78, 5) is 23.9. The second-order valence-electron chi connectivity index (χ2n) is 12.1. The number of piperidine rings is 2. The molecular formula is C29H35F2N7O4S. The van der Waals surface area contributed by atoms with Crippen molar-refractivity contribution < 1.29 is 27.1 Å². The molecule has 0 amide bonds. The van der Waals surface area contributed by atoms with Gasteiger partial charge in [-0.3, -0.25) is 9.52 Å². The van der Waals surface area contributed by atoms with Gasteiger partial charge in [0.05, 0.1) is 35.5 Å². The molecule has 1 aromatic carbocycles. The Morgan fingerprint density at radius 1 is 1.05 bits per heavy atom. The first-order valence-corrected chi connectivity index (χ1v) is 16.1. The number of aliphatic carboxylic acids is 1. The van der Waals surface area contributed by atoms with Crippen LogP contribution >= 0.6 is 0 Å². The van der Waals surface area contributed by atoms with Gasteiger partial charge in [-0.2, -0.15) is 5.10 Å². The zero-order chi connectivity index (χ0) is 30.6. The fourth-order valence-electron chi connectivity index (χ4n) is 6.19. The predicted molar refractivity (Wildman–Crippen MR) is 159 cm³/mol. The van der Waals surface area contributed by atoms with Crippen LogP contribution in [0.4, 0.5) is 26.1 Å². The number of anilines is 3. The lowest BCUT2D eigenvalue weighted by Gasteiger charge is -2.36. The molecule has 0 unspecified atom stereocenters. The number of carboxylic acids is 1. The van der Waals surface area contributed by atoms with Crippen molar-refractivity contribution in [3.63, 3.8) is 0 Å². The van der Waals surface area contributed by atoms with Gasteiger partial charge in [0.25, 0.3) is 5.92 Å². The molecule has 2 aromatic heterocycles. The summed E-state index contributed by atoms with van der Waals surface area (Å²) < 4.78 is 57.4. The molecular weight excluding hydrogens is 580 g/mol. The van der Waals surface area contributed by atoms with Gasteiger partial charge >= 0.3 is 5.97 Å². The molecule has 1 saturated carbocycles. The Morgan fingerprint density at radius 2 is 1.79 bits per heavy atom. The van der Waals surface area contributed by atoms with E-state index in [0.29, 0.717) is 46.6 Å². The summed E-state index contributed by atoms with van der Waals surface area (Å²) in [6, 6.07) is 5.18. The summed E-state index contributed by atoms with van der Waals surface area (Å²) in [5, 5.41) is 13.7. The van der Waals surface area contributed by atoms with E-state index in [9.17, 15) is 22.0 Å². The molecule has 4 heterocycles. The maximum absolute atomic E-state index is 14.1. The van der Waals surface area contributed by atoms with Gasteiger partial charge in [-0.15, -0.1) is 0 Å². The van der Waals surface area contributed by atoms with Gasteiger partial charge in [0.1, 0.15) is 0 Å². The number of sulfonamides is 1. The topological polar surface area (TPSA) is 134 Å². The van der Waals surface area contributed by atoms with Crippen LogP contribution in [0.25, 0.3) is 16.9 Å². The van der Waals surface area contributed by atoms with E-state index in [1.165, 1.54) is 17.7 Å². The largest absolute Gasteiger partial charge is 0.480 e. The number of alkyl halides is 2. The lowest BCUT2D eigenvalue weighted by Crippen LogP contribution is -2.43. The molecule has 3 aromatic rings. The van der Waals surface area contributed by atoms with Crippen LogP contribution in [0, 0.1) is 19.3 Å². The first-order valence-electron chi connectivity index (χ1n) is 14.5. The van der Waals surface area contributed by atoms with Gasteiger partial charge in [-0.1, -0.05) is 0 Å². The molecule has 2 N–H and O–H groups in total. The van der Waals surface area contributed by atoms with E-state index in [1.54, 1.807) is 36.0 Å². The first kappa shape index (κ1) is 29.3. The molecule has 3 fully saturated rings. The zero-order valence-corrected chi connectivity index (χ0v) is 25.0. The fraction of sp³-hybridized carbons (Fsp3) is 0.517. The van der Waals surface area contributed by atoms with E-state index >= 15 is 0 Å². The van der Waals surface area contributed by atoms with Crippen molar-refractivity contribution in [2.24, 2.45) is 5.41 Å². The minimum Gasteiger partial charge on any atom is -0.480 e. The van der Waals surface area contributed by atoms with Crippen LogP contribution in [0.5, 0.6) is 0 Å². The number of benzene rings is 1. The van der Waals surface area contributed by atoms with Crippen LogP contribution in [0.1, 0.15) is 49.8 Å². The molecule has 14 heteroatoms. The van der Waals surface area contributed by atoms with E-state index in [-0.39, 0.29) is 12.4 Å². The van der Waals surface area contributed by atoms with Crippen LogP contribution in [0.15, 0.2) is 30.6 Å². The summed E-state index contributed by atoms with van der Waals surface area (Å²) in [6.07, 6.45) is 8.25. The summed E-state index contributed by atoms with van der Waals surface area (Å²) in [6.45, 7) is 5.27. The number of hydrogen-bond acceptors (Lipinski definition) is 8. The molecule has 6 rings (SSSR count). The molecule has 0 atom stereocenters. The molecule has 230 valence electrons. The molecule has 2 saturated heterocycles. The lowest BCUT2D eigenvalue weighted by molar-refractivity contribution is -0.134. The number of aryl methyl sites for hydroxylation is 1. The Labute approximate surface area is 249 Å². The standard InChI is InChI=1S/C29H35F2N7O4S/c1-19-14-23(34-27(33-19)37-11-3-6-29(30,31)18-37)21-15-32-38(16-21)24-5-4-22(35-43(41,42)17-25(39)40)20(2)26(24)36-12-9-28(7-8-28)10-13-36/h4-5,14-16,35H,3,6-13,17-18H2,1-2H3,(H,39,40). The number of nitrogens with one attached hydrogen (secondary N) is 1. The van der Waals surface area contributed by atoms with Crippen LogP contribution in [0.2, 0.25) is 0 Å². The molecule has 3 aliphatic rings. The lowest BCUT2D eigenvalue weighted by atomic mass is 9.92. The molecule has 11 nitrogen and oxygen atoms in total. The van der Waals surface area contributed by atoms with Crippen molar-refractivity contribution in [2.75, 3.05) is 46.5 Å². The normalized spacial score (nSPS) is 19.4. The van der Waals surface area contributed by atoms with Crippen molar-refractivity contribution in [2.45, 2.75) is 58.3 Å². The van der Waals surface area contributed by atoms with Gasteiger partial charge < -0.3 is 14.9 Å². The maximum atomic E-state index is 14.1. The van der Waals surface area contributed by atoms with Crippen LogP contribution in [0.3, 0.4) is 0 Å². The van der Waals surface area contributed by atoms with Crippen LogP contribution in [-0.4, -0.2) is 77.1 Å². The third-order valence-corrected chi connectivity index (χ3v) is 9.89. The number of aromatic nitrogens is 4. The minimum atomic E-state index is -4.10. The summed E-state index contributed by atoms with van der Waals surface area (Å²) >= 11 is 0. The highest BCUT2D eigenvalue weighted by Gasteiger charge is 2.45. The highest BCUT2D eigenvalue weighted by molar-refractivity contribution is 7.93. The second kappa shape index (κ2) is 10.7. The number of carbonyl (C=O) groups is 1. The number of halogens is 2. The van der Waals surface area contributed by atoms with Crippen molar-refractivity contribution in [1.82, 2.24) is 19.7 Å². The summed E-state index contributed by atoms with van der Waals surface area (Å²) in [7, 11) is -4.10. The SMILES string of the molecule is Cc1cc(-c2cnn(-c3ccc(NS(=O)(=O)CC(=O)O)c(C)c3N3CCC4(CC3)CC4)c2)nc(N2CCCC(F)(F)C2)n1. The number of carboxylic acid groups (broad SMARTS) is 1. The summed E-state index contributed by atoms with van der Waals surface area (Å²) in [5.74, 6) is -4.99. The number of hydrogen-bond donors (Lipinski definition) is 2. The molecule has 0 radical (unpaired) electrons. The predicted octanol–water partition coefficient (Wildman–Crippen LogP) is 4.39. The molecule has 1 aliphatic carbocycles. The van der Waals surface area contributed by atoms with E-state index in [1.807, 2.05) is 13.1 Å². The highest BCUT2D eigenvalue weighted by Crippen LogP contribution is 2.54. The average molecular weight is 616 g/mol. The van der Waals surface area contributed by atoms with E-state index in [0.717, 1.165) is 37.3 Å². The van der Waals surface area contributed by atoms with Gasteiger partial charge in [0.2, 0.25) is 16.0 Å². The van der Waals surface area contributed by atoms with Crippen molar-refractivity contribution in [3.05, 3.63) is 41.9 Å². The van der Waals surface area contributed by atoms with E-state index < -0.39 is 34.2 Å². The highest BCUT2D eigenvalue weighted by atomic mass is 32.2. The van der Waals surface area contributed by atoms with Gasteiger partial charge in [-0.05, 0) is 75.1 Å². The van der Waals surface area contributed by atoms with E-state index in [2.05, 4.69) is 24.7 Å². The van der Waals surface area contributed by atoms with Crippen LogP contribution < -0.4 is 14.5 Å². The number of nitrogens with zero attached hydrogens (tertiary/aromatic N) is 6. The van der Waals surface area contributed by atoms with Gasteiger partial charge in [0, 0.05) is 43.5 Å².